The summed E-state index contributed by atoms with van der Waals surface area (Å²) in [5.74, 6) is 0. The molecule has 1 atom stereocenters. The van der Waals surface area contributed by atoms with Gasteiger partial charge in [-0.25, -0.2) is 4.98 Å². The fourth-order valence-electron chi connectivity index (χ4n) is 2.02. The van der Waals surface area contributed by atoms with Crippen molar-refractivity contribution >= 4 is 38.9 Å². The summed E-state index contributed by atoms with van der Waals surface area (Å²) >= 11 is 11.6. The maximum Gasteiger partial charge on any atom is 0.114 e. The molecule has 0 spiro atoms. The highest BCUT2D eigenvalue weighted by Crippen LogP contribution is 2.35. The van der Waals surface area contributed by atoms with E-state index in [1.165, 1.54) is 12.8 Å². The Morgan fingerprint density at radius 1 is 1.47 bits per heavy atom. The van der Waals surface area contributed by atoms with E-state index >= 15 is 0 Å². The lowest BCUT2D eigenvalue weighted by atomic mass is 10.1. The van der Waals surface area contributed by atoms with Gasteiger partial charge in [0.1, 0.15) is 5.01 Å². The fourth-order valence-corrected chi connectivity index (χ4v) is 3.50. The van der Waals surface area contributed by atoms with Crippen molar-refractivity contribution in [1.82, 2.24) is 10.3 Å². The first-order chi connectivity index (χ1) is 9.13. The van der Waals surface area contributed by atoms with Gasteiger partial charge in [0.2, 0.25) is 0 Å². The molecule has 0 bridgehead atoms. The largest absolute Gasteiger partial charge is 0.301 e. The van der Waals surface area contributed by atoms with Crippen molar-refractivity contribution < 1.29 is 0 Å². The zero-order valence-corrected chi connectivity index (χ0v) is 13.6. The van der Waals surface area contributed by atoms with Crippen LogP contribution in [0.1, 0.15) is 35.1 Å². The molecule has 1 N–H and O–H groups in total. The Morgan fingerprint density at radius 2 is 2.26 bits per heavy atom. The Hall–Kier alpha value is -0.420. The third kappa shape index (κ3) is 3.19. The van der Waals surface area contributed by atoms with E-state index in [0.29, 0.717) is 6.04 Å². The molecule has 1 unspecified atom stereocenters. The van der Waals surface area contributed by atoms with Crippen LogP contribution in [0.15, 0.2) is 28.1 Å². The van der Waals surface area contributed by atoms with E-state index in [9.17, 15) is 0 Å². The zero-order chi connectivity index (χ0) is 13.4. The van der Waals surface area contributed by atoms with Crippen molar-refractivity contribution in [3.8, 4) is 0 Å². The van der Waals surface area contributed by atoms with Crippen molar-refractivity contribution in [1.29, 1.82) is 0 Å². The van der Waals surface area contributed by atoms with Crippen LogP contribution in [0.2, 0.25) is 5.02 Å². The summed E-state index contributed by atoms with van der Waals surface area (Å²) in [7, 11) is 0. The van der Waals surface area contributed by atoms with Crippen LogP contribution >= 0.6 is 38.9 Å². The van der Waals surface area contributed by atoms with Crippen LogP contribution in [0.4, 0.5) is 0 Å². The number of benzene rings is 1. The normalized spacial score (nSPS) is 16.6. The number of thiazole rings is 1. The standard InChI is InChI=1S/C14H14BrClN2S/c1-8-7-19-14(17-8)13(18-10-3-4-10)11-6-9(15)2-5-12(11)16/h2,5-7,10,13,18H,3-4H2,1H3. The molecule has 1 aromatic heterocycles. The van der Waals surface area contributed by atoms with Gasteiger partial charge in [-0.15, -0.1) is 11.3 Å². The van der Waals surface area contributed by atoms with Crippen LogP contribution in [0.5, 0.6) is 0 Å². The van der Waals surface area contributed by atoms with Crippen LogP contribution in [0, 0.1) is 6.92 Å². The lowest BCUT2D eigenvalue weighted by molar-refractivity contribution is 0.597. The summed E-state index contributed by atoms with van der Waals surface area (Å²) in [5.41, 5.74) is 2.16. The van der Waals surface area contributed by atoms with Crippen LogP contribution in [0.3, 0.4) is 0 Å². The average Bonchev–Trinajstić information content (AvgIpc) is 3.10. The lowest BCUT2D eigenvalue weighted by Crippen LogP contribution is -2.24. The molecule has 0 amide bonds. The molecule has 5 heteroatoms. The molecule has 1 aromatic carbocycles. The summed E-state index contributed by atoms with van der Waals surface area (Å²) in [6.45, 7) is 2.02. The quantitative estimate of drug-likeness (QED) is 0.857. The molecule has 1 fully saturated rings. The molecule has 0 radical (unpaired) electrons. The monoisotopic (exact) mass is 356 g/mol. The third-order valence-corrected chi connectivity index (χ3v) is 5.00. The number of aromatic nitrogens is 1. The highest BCUT2D eigenvalue weighted by molar-refractivity contribution is 9.10. The fraction of sp³-hybridized carbons (Fsp3) is 0.357. The molecule has 1 saturated carbocycles. The minimum absolute atomic E-state index is 0.0937. The van der Waals surface area contributed by atoms with Gasteiger partial charge in [0.05, 0.1) is 6.04 Å². The van der Waals surface area contributed by atoms with E-state index in [0.717, 1.165) is 25.8 Å². The highest BCUT2D eigenvalue weighted by Gasteiger charge is 2.29. The molecule has 0 aliphatic heterocycles. The molecule has 1 aliphatic rings. The van der Waals surface area contributed by atoms with E-state index in [2.05, 4.69) is 37.7 Å². The summed E-state index contributed by atoms with van der Waals surface area (Å²) < 4.78 is 1.04. The van der Waals surface area contributed by atoms with Gasteiger partial charge in [-0.2, -0.15) is 0 Å². The van der Waals surface area contributed by atoms with E-state index in [4.69, 9.17) is 11.6 Å². The van der Waals surface area contributed by atoms with Gasteiger partial charge in [0.25, 0.3) is 0 Å². The third-order valence-electron chi connectivity index (χ3n) is 3.13. The van der Waals surface area contributed by atoms with Gasteiger partial charge in [0.15, 0.2) is 0 Å². The molecular formula is C14H14BrClN2S. The molecule has 19 heavy (non-hydrogen) atoms. The van der Waals surface area contributed by atoms with E-state index in [1.807, 2.05) is 19.1 Å². The van der Waals surface area contributed by atoms with Crippen molar-refractivity contribution in [3.05, 3.63) is 49.3 Å². The Balaban J connectivity index is 2.00. The van der Waals surface area contributed by atoms with E-state index in [-0.39, 0.29) is 6.04 Å². The van der Waals surface area contributed by atoms with E-state index < -0.39 is 0 Å². The predicted octanol–water partition coefficient (Wildman–Crippen LogP) is 4.71. The number of halogens is 2. The lowest BCUT2D eigenvalue weighted by Gasteiger charge is -2.18. The van der Waals surface area contributed by atoms with Crippen LogP contribution in [0.25, 0.3) is 0 Å². The SMILES string of the molecule is Cc1csc(C(NC2CC2)c2cc(Br)ccc2Cl)n1. The molecule has 2 nitrogen and oxygen atoms in total. The van der Waals surface area contributed by atoms with Gasteiger partial charge in [-0.1, -0.05) is 27.5 Å². The number of rotatable bonds is 4. The summed E-state index contributed by atoms with van der Waals surface area (Å²) in [4.78, 5) is 4.62. The summed E-state index contributed by atoms with van der Waals surface area (Å²) in [6, 6.07) is 6.68. The zero-order valence-electron chi connectivity index (χ0n) is 10.5. The first kappa shape index (κ1) is 13.6. The van der Waals surface area contributed by atoms with Gasteiger partial charge in [0, 0.05) is 26.6 Å². The number of nitrogens with one attached hydrogen (secondary N) is 1. The number of nitrogens with zero attached hydrogens (tertiary/aromatic N) is 1. The maximum atomic E-state index is 6.37. The Kier molecular flexibility index (Phi) is 3.94. The van der Waals surface area contributed by atoms with Crippen LogP contribution in [-0.2, 0) is 0 Å². The summed E-state index contributed by atoms with van der Waals surface area (Å²) in [6.07, 6.45) is 2.49. The Labute approximate surface area is 130 Å². The van der Waals surface area contributed by atoms with Crippen LogP contribution in [-0.4, -0.2) is 11.0 Å². The molecule has 1 heterocycles. The van der Waals surface area contributed by atoms with Crippen molar-refractivity contribution in [2.75, 3.05) is 0 Å². The maximum absolute atomic E-state index is 6.37. The minimum atomic E-state index is 0.0937. The first-order valence-corrected chi connectivity index (χ1v) is 8.31. The van der Waals surface area contributed by atoms with Crippen molar-refractivity contribution in [2.45, 2.75) is 31.8 Å². The number of aryl methyl sites for hydroxylation is 1. The van der Waals surface area contributed by atoms with Crippen molar-refractivity contribution in [3.63, 3.8) is 0 Å². The smallest absolute Gasteiger partial charge is 0.114 e. The molecule has 3 rings (SSSR count). The average molecular weight is 358 g/mol. The predicted molar refractivity (Wildman–Crippen MR) is 84.0 cm³/mol. The topological polar surface area (TPSA) is 24.9 Å². The minimum Gasteiger partial charge on any atom is -0.301 e. The summed E-state index contributed by atoms with van der Waals surface area (Å²) in [5, 5.41) is 7.61. The van der Waals surface area contributed by atoms with Gasteiger partial charge in [-0.3, -0.25) is 0 Å². The first-order valence-electron chi connectivity index (χ1n) is 6.26. The number of hydrogen-bond acceptors (Lipinski definition) is 3. The van der Waals surface area contributed by atoms with Gasteiger partial charge in [-0.05, 0) is 43.5 Å². The van der Waals surface area contributed by atoms with Crippen LogP contribution < -0.4 is 5.32 Å². The van der Waals surface area contributed by atoms with Gasteiger partial charge >= 0.3 is 0 Å². The van der Waals surface area contributed by atoms with E-state index in [1.54, 1.807) is 11.3 Å². The highest BCUT2D eigenvalue weighted by atomic mass is 79.9. The molecule has 2 aromatic rings. The Morgan fingerprint density at radius 3 is 2.89 bits per heavy atom. The second-order valence-electron chi connectivity index (χ2n) is 4.87. The second-order valence-corrected chi connectivity index (χ2v) is 7.08. The Bertz CT molecular complexity index is 595. The van der Waals surface area contributed by atoms with Crippen molar-refractivity contribution in [2.24, 2.45) is 0 Å². The molecule has 100 valence electrons. The second kappa shape index (κ2) is 5.52. The number of hydrogen-bond donors (Lipinski definition) is 1. The molecule has 0 saturated heterocycles. The van der Waals surface area contributed by atoms with Gasteiger partial charge < -0.3 is 5.32 Å². The molecular weight excluding hydrogens is 344 g/mol. The molecule has 1 aliphatic carbocycles.